The molecule has 0 bridgehead atoms. The molecule has 2 N–H and O–H groups in total. The second kappa shape index (κ2) is 5.26. The molecule has 23 heavy (non-hydrogen) atoms. The molecule has 1 aliphatic heterocycles. The lowest BCUT2D eigenvalue weighted by Crippen LogP contribution is -2.46. The maximum absolute atomic E-state index is 12.2. The first-order valence-electron chi connectivity index (χ1n) is 8.27. The zero-order valence-corrected chi connectivity index (χ0v) is 13.6. The first-order chi connectivity index (χ1) is 11.0. The SMILES string of the molecule is O=C(O)C1Sc2c(CC3CC3)cccc2C1(CC1CC1)C(=O)O. The summed E-state index contributed by atoms with van der Waals surface area (Å²) in [5.74, 6) is -0.946. The average molecular weight is 332 g/mol. The zero-order valence-electron chi connectivity index (χ0n) is 12.8. The van der Waals surface area contributed by atoms with Crippen LogP contribution in [0.4, 0.5) is 0 Å². The third-order valence-corrected chi connectivity index (χ3v) is 6.94. The summed E-state index contributed by atoms with van der Waals surface area (Å²) in [7, 11) is 0. The molecule has 3 aliphatic rings. The molecule has 2 aliphatic carbocycles. The highest BCUT2D eigenvalue weighted by Gasteiger charge is 2.59. The average Bonchev–Trinajstić information content (AvgIpc) is 3.40. The van der Waals surface area contributed by atoms with Crippen molar-refractivity contribution in [1.29, 1.82) is 0 Å². The minimum Gasteiger partial charge on any atom is -0.481 e. The van der Waals surface area contributed by atoms with E-state index in [1.54, 1.807) is 0 Å². The monoisotopic (exact) mass is 332 g/mol. The molecule has 5 heteroatoms. The van der Waals surface area contributed by atoms with E-state index in [0.29, 0.717) is 18.3 Å². The van der Waals surface area contributed by atoms with Crippen LogP contribution in [0.15, 0.2) is 23.1 Å². The summed E-state index contributed by atoms with van der Waals surface area (Å²) in [6.07, 6.45) is 5.88. The summed E-state index contributed by atoms with van der Waals surface area (Å²) < 4.78 is 0. The van der Waals surface area contributed by atoms with Gasteiger partial charge in [0.15, 0.2) is 0 Å². The van der Waals surface area contributed by atoms with Gasteiger partial charge in [-0.3, -0.25) is 9.59 Å². The Labute approximate surface area is 139 Å². The van der Waals surface area contributed by atoms with Crippen LogP contribution in [-0.2, 0) is 21.4 Å². The maximum Gasteiger partial charge on any atom is 0.318 e. The summed E-state index contributed by atoms with van der Waals surface area (Å²) >= 11 is 1.27. The van der Waals surface area contributed by atoms with E-state index in [9.17, 15) is 19.8 Å². The molecule has 0 aromatic heterocycles. The highest BCUT2D eigenvalue weighted by atomic mass is 32.2. The molecular formula is C18H20O4S. The van der Waals surface area contributed by atoms with Crippen molar-refractivity contribution in [2.45, 2.75) is 54.1 Å². The molecular weight excluding hydrogens is 312 g/mol. The van der Waals surface area contributed by atoms with Gasteiger partial charge in [-0.1, -0.05) is 31.0 Å². The number of hydrogen-bond donors (Lipinski definition) is 2. The van der Waals surface area contributed by atoms with Gasteiger partial charge in [-0.25, -0.2) is 0 Å². The molecule has 2 unspecified atom stereocenters. The standard InChI is InChI=1S/C18H20O4S/c19-16(20)15-18(17(21)22,9-11-6-7-11)13-3-1-2-12(14(13)23-15)8-10-4-5-10/h1-3,10-11,15H,4-9H2,(H,19,20)(H,21,22). The third kappa shape index (κ3) is 2.45. The molecule has 0 saturated heterocycles. The lowest BCUT2D eigenvalue weighted by atomic mass is 9.73. The van der Waals surface area contributed by atoms with Gasteiger partial charge in [0.25, 0.3) is 0 Å². The van der Waals surface area contributed by atoms with Crippen molar-refractivity contribution in [1.82, 2.24) is 0 Å². The van der Waals surface area contributed by atoms with E-state index in [1.165, 1.54) is 24.6 Å². The number of thioether (sulfide) groups is 1. The lowest BCUT2D eigenvalue weighted by molar-refractivity contribution is -0.150. The zero-order chi connectivity index (χ0) is 16.2. The minimum atomic E-state index is -1.27. The number of carbonyl (C=O) groups is 2. The smallest absolute Gasteiger partial charge is 0.318 e. The molecule has 1 aromatic carbocycles. The molecule has 1 heterocycles. The van der Waals surface area contributed by atoms with Crippen molar-refractivity contribution < 1.29 is 19.8 Å². The van der Waals surface area contributed by atoms with Gasteiger partial charge in [0, 0.05) is 4.90 Å². The molecule has 0 spiro atoms. The van der Waals surface area contributed by atoms with Crippen molar-refractivity contribution in [3.63, 3.8) is 0 Å². The van der Waals surface area contributed by atoms with Crippen LogP contribution in [0.5, 0.6) is 0 Å². The van der Waals surface area contributed by atoms with Gasteiger partial charge in [0.1, 0.15) is 10.7 Å². The normalized spacial score (nSPS) is 29.3. The fourth-order valence-electron chi connectivity index (χ4n) is 3.80. The fourth-order valence-corrected chi connectivity index (χ4v) is 5.34. The Morgan fingerprint density at radius 1 is 1.13 bits per heavy atom. The van der Waals surface area contributed by atoms with Crippen molar-refractivity contribution >= 4 is 23.7 Å². The molecule has 1 aromatic rings. The molecule has 4 nitrogen and oxygen atoms in total. The van der Waals surface area contributed by atoms with E-state index in [-0.39, 0.29) is 0 Å². The summed E-state index contributed by atoms with van der Waals surface area (Å²) in [5.41, 5.74) is 0.611. The van der Waals surface area contributed by atoms with Gasteiger partial charge < -0.3 is 10.2 Å². The molecule has 2 fully saturated rings. The largest absolute Gasteiger partial charge is 0.481 e. The predicted molar refractivity (Wildman–Crippen MR) is 86.8 cm³/mol. The molecule has 2 saturated carbocycles. The Bertz CT molecular complexity index is 678. The highest BCUT2D eigenvalue weighted by Crippen LogP contribution is 2.57. The van der Waals surface area contributed by atoms with E-state index >= 15 is 0 Å². The highest BCUT2D eigenvalue weighted by molar-refractivity contribution is 8.01. The summed E-state index contributed by atoms with van der Waals surface area (Å²) in [6.45, 7) is 0. The van der Waals surface area contributed by atoms with Crippen molar-refractivity contribution in [3.8, 4) is 0 Å². The van der Waals surface area contributed by atoms with Gasteiger partial charge in [-0.05, 0) is 48.6 Å². The molecule has 2 atom stereocenters. The molecule has 0 amide bonds. The Morgan fingerprint density at radius 3 is 2.39 bits per heavy atom. The van der Waals surface area contributed by atoms with Crippen LogP contribution >= 0.6 is 11.8 Å². The van der Waals surface area contributed by atoms with Crippen LogP contribution in [0.25, 0.3) is 0 Å². The number of carboxylic acid groups (broad SMARTS) is 2. The maximum atomic E-state index is 12.2. The van der Waals surface area contributed by atoms with Crippen molar-refractivity contribution in [2.24, 2.45) is 11.8 Å². The molecule has 122 valence electrons. The quantitative estimate of drug-likeness (QED) is 0.836. The van der Waals surface area contributed by atoms with Crippen LogP contribution in [0.2, 0.25) is 0 Å². The topological polar surface area (TPSA) is 74.6 Å². The number of hydrogen-bond acceptors (Lipinski definition) is 3. The number of rotatable bonds is 6. The number of carboxylic acids is 2. The van der Waals surface area contributed by atoms with E-state index in [4.69, 9.17) is 0 Å². The Kier molecular flexibility index (Phi) is 3.45. The van der Waals surface area contributed by atoms with Crippen LogP contribution < -0.4 is 0 Å². The fraction of sp³-hybridized carbons (Fsp3) is 0.556. The predicted octanol–water partition coefficient (Wildman–Crippen LogP) is 3.32. The van der Waals surface area contributed by atoms with Crippen molar-refractivity contribution in [3.05, 3.63) is 29.3 Å². The van der Waals surface area contributed by atoms with Crippen LogP contribution in [-0.4, -0.2) is 27.4 Å². The van der Waals surface area contributed by atoms with Crippen LogP contribution in [0, 0.1) is 11.8 Å². The second-order valence-electron chi connectivity index (χ2n) is 7.20. The van der Waals surface area contributed by atoms with Crippen LogP contribution in [0.3, 0.4) is 0 Å². The summed E-state index contributed by atoms with van der Waals surface area (Å²) in [6, 6.07) is 5.79. The van der Waals surface area contributed by atoms with Gasteiger partial charge in [-0.2, -0.15) is 0 Å². The Morgan fingerprint density at radius 2 is 1.83 bits per heavy atom. The third-order valence-electron chi connectivity index (χ3n) is 5.38. The Balaban J connectivity index is 1.82. The van der Waals surface area contributed by atoms with E-state index < -0.39 is 22.6 Å². The van der Waals surface area contributed by atoms with Gasteiger partial charge in [0.05, 0.1) is 0 Å². The van der Waals surface area contributed by atoms with Gasteiger partial charge in [0.2, 0.25) is 0 Å². The first-order valence-corrected chi connectivity index (χ1v) is 9.15. The van der Waals surface area contributed by atoms with Gasteiger partial charge in [-0.15, -0.1) is 11.8 Å². The van der Waals surface area contributed by atoms with E-state index in [0.717, 1.165) is 35.3 Å². The number of fused-ring (bicyclic) bond motifs is 1. The summed E-state index contributed by atoms with van der Waals surface area (Å²) in [4.78, 5) is 25.0. The number of benzene rings is 1. The van der Waals surface area contributed by atoms with Crippen molar-refractivity contribution in [2.75, 3.05) is 0 Å². The number of aliphatic carboxylic acids is 2. The van der Waals surface area contributed by atoms with Crippen LogP contribution in [0.1, 0.15) is 43.2 Å². The Hall–Kier alpha value is -1.49. The van der Waals surface area contributed by atoms with E-state index in [1.807, 2.05) is 18.2 Å². The lowest BCUT2D eigenvalue weighted by Gasteiger charge is -2.29. The second-order valence-corrected chi connectivity index (χ2v) is 8.32. The molecule has 0 radical (unpaired) electrons. The molecule has 4 rings (SSSR count). The summed E-state index contributed by atoms with van der Waals surface area (Å²) in [5, 5.41) is 18.8. The first kappa shape index (κ1) is 15.1. The van der Waals surface area contributed by atoms with Gasteiger partial charge >= 0.3 is 11.9 Å². The minimum absolute atomic E-state index is 0.353. The van der Waals surface area contributed by atoms with E-state index in [2.05, 4.69) is 0 Å².